The minimum Gasteiger partial charge on any atom is -0.390 e. The van der Waals surface area contributed by atoms with Gasteiger partial charge in [-0.15, -0.1) is 11.3 Å². The lowest BCUT2D eigenvalue weighted by Gasteiger charge is -2.26. The molecule has 6 nitrogen and oxygen atoms in total. The molecule has 2 amide bonds. The molecule has 1 aromatic heterocycles. The normalized spacial score (nSPS) is 19.3. The van der Waals surface area contributed by atoms with Crippen LogP contribution in [-0.4, -0.2) is 36.7 Å². The highest BCUT2D eigenvalue weighted by Crippen LogP contribution is 2.24. The Bertz CT molecular complexity index is 910. The topological polar surface area (TPSA) is 71.0 Å². The molecule has 2 aliphatic heterocycles. The average molecular weight is 418 g/mol. The van der Waals surface area contributed by atoms with Crippen LogP contribution in [0.4, 0.5) is 5.69 Å². The number of rotatable bonds is 5. The van der Waals surface area contributed by atoms with Gasteiger partial charge in [0.2, 0.25) is 5.91 Å². The second-order valence-corrected chi connectivity index (χ2v) is 8.55. The lowest BCUT2D eigenvalue weighted by molar-refractivity contribution is -0.119. The van der Waals surface area contributed by atoms with E-state index in [1.54, 1.807) is 12.1 Å². The Morgan fingerprint density at radius 3 is 2.79 bits per heavy atom. The molecular weight excluding hydrogens is 398 g/mol. The molecule has 0 saturated carbocycles. The summed E-state index contributed by atoms with van der Waals surface area (Å²) in [6, 6.07) is 11.2. The Kier molecular flexibility index (Phi) is 5.64. The molecule has 8 heteroatoms. The van der Waals surface area contributed by atoms with Crippen LogP contribution in [0.2, 0.25) is 4.34 Å². The van der Waals surface area contributed by atoms with Gasteiger partial charge in [-0.25, -0.2) is 0 Å². The molecule has 1 saturated heterocycles. The third-order valence-corrected chi connectivity index (χ3v) is 6.09. The minimum atomic E-state index is -0.197. The number of hydrogen-bond acceptors (Lipinski definition) is 5. The molecule has 146 valence electrons. The van der Waals surface area contributed by atoms with Crippen LogP contribution in [0.5, 0.6) is 0 Å². The predicted octanol–water partition coefficient (Wildman–Crippen LogP) is 3.84. The first kappa shape index (κ1) is 19.0. The van der Waals surface area contributed by atoms with Crippen LogP contribution in [0.15, 0.2) is 41.6 Å². The van der Waals surface area contributed by atoms with E-state index in [9.17, 15) is 9.59 Å². The molecule has 1 unspecified atom stereocenters. The summed E-state index contributed by atoms with van der Waals surface area (Å²) in [7, 11) is 0. The molecular formula is C20H20ClN3O3S. The third kappa shape index (κ3) is 4.20. The van der Waals surface area contributed by atoms with Gasteiger partial charge in [-0.2, -0.15) is 0 Å². The number of anilines is 1. The van der Waals surface area contributed by atoms with Crippen molar-refractivity contribution in [1.29, 1.82) is 0 Å². The molecule has 0 aliphatic carbocycles. The first-order valence-electron chi connectivity index (χ1n) is 9.27. The fraction of sp³-hybridized carbons (Fsp3) is 0.350. The van der Waals surface area contributed by atoms with Crippen molar-refractivity contribution in [1.82, 2.24) is 5.32 Å². The predicted molar refractivity (Wildman–Crippen MR) is 110 cm³/mol. The van der Waals surface area contributed by atoms with Crippen LogP contribution in [0.3, 0.4) is 0 Å². The van der Waals surface area contributed by atoms with Gasteiger partial charge in [-0.3, -0.25) is 9.59 Å². The smallest absolute Gasteiger partial charge is 0.261 e. The largest absolute Gasteiger partial charge is 0.390 e. The van der Waals surface area contributed by atoms with E-state index in [1.165, 1.54) is 11.3 Å². The first-order valence-corrected chi connectivity index (χ1v) is 10.5. The van der Waals surface area contributed by atoms with Crippen molar-refractivity contribution < 1.29 is 14.4 Å². The number of halogens is 1. The molecule has 2 aliphatic rings. The number of thiophene rings is 1. The summed E-state index contributed by atoms with van der Waals surface area (Å²) in [4.78, 5) is 32.0. The number of nitrogens with one attached hydrogen (secondary N) is 1. The summed E-state index contributed by atoms with van der Waals surface area (Å²) in [5, 5.41) is 7.02. The zero-order valence-electron chi connectivity index (χ0n) is 15.2. The maximum atomic E-state index is 12.1. The molecule has 0 bridgehead atoms. The molecule has 2 aromatic rings. The molecule has 1 fully saturated rings. The Hall–Kier alpha value is -2.38. The van der Waals surface area contributed by atoms with E-state index in [2.05, 4.69) is 10.5 Å². The van der Waals surface area contributed by atoms with Crippen molar-refractivity contribution in [3.8, 4) is 0 Å². The lowest BCUT2D eigenvalue weighted by Crippen LogP contribution is -2.35. The first-order chi connectivity index (χ1) is 13.6. The van der Waals surface area contributed by atoms with E-state index < -0.39 is 0 Å². The molecule has 3 heterocycles. The van der Waals surface area contributed by atoms with Crippen molar-refractivity contribution in [3.05, 3.63) is 51.2 Å². The standard InChI is InChI=1S/C20H20ClN3O3S/c21-18-9-8-17(28-18)20(26)22-12-15-11-16(23-27-15)13-4-6-14(7-5-13)24-10-2-1-3-19(24)25/h4-9,15H,1-3,10-12H2,(H,22,26). The van der Waals surface area contributed by atoms with Gasteiger partial charge in [0.05, 0.1) is 21.5 Å². The molecule has 1 aromatic carbocycles. The van der Waals surface area contributed by atoms with Crippen molar-refractivity contribution in [2.45, 2.75) is 31.8 Å². The number of nitrogens with zero attached hydrogens (tertiary/aromatic N) is 2. The van der Waals surface area contributed by atoms with Crippen molar-refractivity contribution >= 4 is 46.2 Å². The van der Waals surface area contributed by atoms with E-state index in [0.29, 0.717) is 28.6 Å². The van der Waals surface area contributed by atoms with Crippen LogP contribution in [0, 0.1) is 0 Å². The van der Waals surface area contributed by atoms with E-state index in [1.807, 2.05) is 29.2 Å². The van der Waals surface area contributed by atoms with Crippen molar-refractivity contribution in [2.24, 2.45) is 5.16 Å². The summed E-state index contributed by atoms with van der Waals surface area (Å²) in [5.74, 6) is 0.0212. The quantitative estimate of drug-likeness (QED) is 0.803. The maximum absolute atomic E-state index is 12.1. The Morgan fingerprint density at radius 2 is 2.07 bits per heavy atom. The van der Waals surface area contributed by atoms with E-state index >= 15 is 0 Å². The number of carbonyl (C=O) groups is 2. The number of piperidine rings is 1. The second-order valence-electron chi connectivity index (χ2n) is 6.83. The number of benzene rings is 1. The highest BCUT2D eigenvalue weighted by atomic mass is 35.5. The zero-order valence-corrected chi connectivity index (χ0v) is 16.8. The number of amides is 2. The minimum absolute atomic E-state index is 0.162. The molecule has 28 heavy (non-hydrogen) atoms. The number of oxime groups is 1. The number of hydrogen-bond donors (Lipinski definition) is 1. The molecule has 0 spiro atoms. The van der Waals surface area contributed by atoms with Crippen LogP contribution >= 0.6 is 22.9 Å². The summed E-state index contributed by atoms with van der Waals surface area (Å²) in [5.41, 5.74) is 2.73. The average Bonchev–Trinajstić information content (AvgIpc) is 3.36. The second kappa shape index (κ2) is 8.32. The Balaban J connectivity index is 1.31. The van der Waals surface area contributed by atoms with E-state index in [0.717, 1.165) is 36.3 Å². The van der Waals surface area contributed by atoms with Crippen LogP contribution < -0.4 is 10.2 Å². The molecule has 1 N–H and O–H groups in total. The van der Waals surface area contributed by atoms with Gasteiger partial charge in [-0.05, 0) is 42.7 Å². The summed E-state index contributed by atoms with van der Waals surface area (Å²) >= 11 is 7.11. The zero-order chi connectivity index (χ0) is 19.5. The van der Waals surface area contributed by atoms with Crippen molar-refractivity contribution in [2.75, 3.05) is 18.0 Å². The van der Waals surface area contributed by atoms with Gasteiger partial charge in [0.15, 0.2) is 0 Å². The van der Waals surface area contributed by atoms with Crippen LogP contribution in [-0.2, 0) is 9.63 Å². The highest BCUT2D eigenvalue weighted by Gasteiger charge is 2.24. The Labute approximate surface area is 172 Å². The monoisotopic (exact) mass is 417 g/mol. The maximum Gasteiger partial charge on any atom is 0.261 e. The van der Waals surface area contributed by atoms with Crippen molar-refractivity contribution in [3.63, 3.8) is 0 Å². The fourth-order valence-corrected chi connectivity index (χ4v) is 4.31. The van der Waals surface area contributed by atoms with Gasteiger partial charge in [0, 0.05) is 25.1 Å². The number of carbonyl (C=O) groups excluding carboxylic acids is 2. The van der Waals surface area contributed by atoms with Gasteiger partial charge < -0.3 is 15.1 Å². The fourth-order valence-electron chi connectivity index (χ4n) is 3.35. The lowest BCUT2D eigenvalue weighted by atomic mass is 10.0. The van der Waals surface area contributed by atoms with Crippen LogP contribution in [0.1, 0.15) is 40.9 Å². The van der Waals surface area contributed by atoms with Gasteiger partial charge in [0.1, 0.15) is 6.10 Å². The van der Waals surface area contributed by atoms with E-state index in [4.69, 9.17) is 16.4 Å². The van der Waals surface area contributed by atoms with Gasteiger partial charge >= 0.3 is 0 Å². The van der Waals surface area contributed by atoms with Crippen LogP contribution in [0.25, 0.3) is 0 Å². The summed E-state index contributed by atoms with van der Waals surface area (Å²) < 4.78 is 0.586. The summed E-state index contributed by atoms with van der Waals surface area (Å²) in [6.07, 6.45) is 3.05. The highest BCUT2D eigenvalue weighted by molar-refractivity contribution is 7.18. The Morgan fingerprint density at radius 1 is 1.25 bits per heavy atom. The van der Waals surface area contributed by atoms with E-state index in [-0.39, 0.29) is 17.9 Å². The third-order valence-electron chi connectivity index (χ3n) is 4.86. The van der Waals surface area contributed by atoms with Gasteiger partial charge in [0.25, 0.3) is 5.91 Å². The SMILES string of the molecule is O=C(NCC1CC(c2ccc(N3CCCCC3=O)cc2)=NO1)c1ccc(Cl)s1. The van der Waals surface area contributed by atoms with Gasteiger partial charge in [-0.1, -0.05) is 28.9 Å². The summed E-state index contributed by atoms with van der Waals surface area (Å²) in [6.45, 7) is 1.15. The molecule has 1 atom stereocenters. The molecule has 4 rings (SSSR count). The molecule has 0 radical (unpaired) electrons.